The van der Waals surface area contributed by atoms with Crippen molar-refractivity contribution >= 4 is 5.71 Å². The molecule has 104 valence electrons. The van der Waals surface area contributed by atoms with Crippen LogP contribution in [0.5, 0.6) is 0 Å². The number of aliphatic imine (C=N–C) groups is 1. The van der Waals surface area contributed by atoms with E-state index in [1.807, 2.05) is 13.8 Å². The molecule has 0 aliphatic heterocycles. The second-order valence-electron chi connectivity index (χ2n) is 5.17. The van der Waals surface area contributed by atoms with Gasteiger partial charge in [0, 0.05) is 11.4 Å². The molecule has 4 nitrogen and oxygen atoms in total. The van der Waals surface area contributed by atoms with Crippen LogP contribution in [0.1, 0.15) is 31.0 Å². The predicted molar refractivity (Wildman–Crippen MR) is 76.3 cm³/mol. The molecule has 0 spiro atoms. The van der Waals surface area contributed by atoms with Gasteiger partial charge < -0.3 is 0 Å². The minimum absolute atomic E-state index is 0.143. The fourth-order valence-corrected chi connectivity index (χ4v) is 2.29. The Bertz CT molecular complexity index is 721. The molecule has 0 bridgehead atoms. The van der Waals surface area contributed by atoms with Crippen molar-refractivity contribution in [3.8, 4) is 5.69 Å². The van der Waals surface area contributed by atoms with Crippen LogP contribution in [0.15, 0.2) is 34.1 Å². The molecule has 1 aromatic carbocycles. The normalized spacial score (nSPS) is 15.7. The van der Waals surface area contributed by atoms with Crippen molar-refractivity contribution in [2.24, 2.45) is 4.99 Å². The Labute approximate surface area is 116 Å². The van der Waals surface area contributed by atoms with E-state index in [1.54, 1.807) is 12.1 Å². The fraction of sp³-hybridized carbons (Fsp3) is 0.333. The van der Waals surface area contributed by atoms with Crippen LogP contribution in [-0.2, 0) is 0 Å². The summed E-state index contributed by atoms with van der Waals surface area (Å²) in [5.41, 5.74) is 2.63. The quantitative estimate of drug-likeness (QED) is 0.859. The lowest BCUT2D eigenvalue weighted by Gasteiger charge is -2.00. The first-order valence-corrected chi connectivity index (χ1v) is 6.68. The van der Waals surface area contributed by atoms with Gasteiger partial charge in [-0.05, 0) is 51.0 Å². The number of benzene rings is 1. The maximum Gasteiger partial charge on any atom is 0.280 e. The molecule has 0 unspecified atom stereocenters. The monoisotopic (exact) mass is 273 g/mol. The third-order valence-corrected chi connectivity index (χ3v) is 3.44. The third-order valence-electron chi connectivity index (χ3n) is 3.44. The summed E-state index contributed by atoms with van der Waals surface area (Å²) in [6.07, 6.45) is 2.21. The number of rotatable bonds is 3. The highest BCUT2D eigenvalue weighted by atomic mass is 19.1. The largest absolute Gasteiger partial charge is 0.295 e. The number of nitrogens with zero attached hydrogens (tertiary/aromatic N) is 2. The summed E-state index contributed by atoms with van der Waals surface area (Å²) in [4.78, 5) is 17.0. The van der Waals surface area contributed by atoms with Crippen LogP contribution in [0.25, 0.3) is 5.69 Å². The SMILES string of the molecule is CC(=NC1CC1)c1c(C)[nH]n(-c2ccc(F)cc2)c1=O. The van der Waals surface area contributed by atoms with Gasteiger partial charge in [0.25, 0.3) is 5.56 Å². The lowest BCUT2D eigenvalue weighted by Crippen LogP contribution is -2.19. The van der Waals surface area contributed by atoms with Gasteiger partial charge in [0.15, 0.2) is 0 Å². The average molecular weight is 273 g/mol. The number of hydrogen-bond acceptors (Lipinski definition) is 2. The van der Waals surface area contributed by atoms with Crippen molar-refractivity contribution < 1.29 is 4.39 Å². The topological polar surface area (TPSA) is 50.1 Å². The Balaban J connectivity index is 2.06. The summed E-state index contributed by atoms with van der Waals surface area (Å²) in [7, 11) is 0. The average Bonchev–Trinajstić information content (AvgIpc) is 3.16. The molecule has 20 heavy (non-hydrogen) atoms. The van der Waals surface area contributed by atoms with Crippen molar-refractivity contribution in [3.05, 3.63) is 51.7 Å². The highest BCUT2D eigenvalue weighted by Gasteiger charge is 2.22. The molecule has 1 aromatic heterocycles. The molecule has 0 saturated heterocycles. The van der Waals surface area contributed by atoms with Crippen LogP contribution in [0, 0.1) is 12.7 Å². The van der Waals surface area contributed by atoms with Gasteiger partial charge in [-0.25, -0.2) is 9.07 Å². The summed E-state index contributed by atoms with van der Waals surface area (Å²) >= 11 is 0. The van der Waals surface area contributed by atoms with Crippen molar-refractivity contribution in [1.82, 2.24) is 9.78 Å². The van der Waals surface area contributed by atoms with Crippen molar-refractivity contribution in [1.29, 1.82) is 0 Å². The third kappa shape index (κ3) is 2.31. The number of aromatic nitrogens is 2. The zero-order chi connectivity index (χ0) is 14.3. The molecule has 1 aliphatic carbocycles. The summed E-state index contributed by atoms with van der Waals surface area (Å²) in [6.45, 7) is 3.72. The van der Waals surface area contributed by atoms with Gasteiger partial charge in [-0.3, -0.25) is 14.9 Å². The molecule has 1 N–H and O–H groups in total. The maximum absolute atomic E-state index is 12.9. The highest BCUT2D eigenvalue weighted by molar-refractivity contribution is 5.99. The number of halogens is 1. The second kappa shape index (κ2) is 4.74. The Hall–Kier alpha value is -2.17. The Morgan fingerprint density at radius 2 is 2.00 bits per heavy atom. The van der Waals surface area contributed by atoms with E-state index in [4.69, 9.17) is 0 Å². The van der Waals surface area contributed by atoms with E-state index >= 15 is 0 Å². The van der Waals surface area contributed by atoms with Crippen LogP contribution in [0.2, 0.25) is 0 Å². The summed E-state index contributed by atoms with van der Waals surface area (Å²) in [6, 6.07) is 6.20. The fourth-order valence-electron chi connectivity index (χ4n) is 2.29. The first-order chi connectivity index (χ1) is 9.56. The van der Waals surface area contributed by atoms with E-state index in [1.165, 1.54) is 16.8 Å². The van der Waals surface area contributed by atoms with Crippen LogP contribution in [0.3, 0.4) is 0 Å². The number of H-pyrrole nitrogens is 1. The van der Waals surface area contributed by atoms with Gasteiger partial charge in [0.1, 0.15) is 5.82 Å². The zero-order valence-corrected chi connectivity index (χ0v) is 11.5. The molecule has 5 heteroatoms. The van der Waals surface area contributed by atoms with Crippen LogP contribution in [0.4, 0.5) is 4.39 Å². The van der Waals surface area contributed by atoms with Crippen molar-refractivity contribution in [3.63, 3.8) is 0 Å². The number of hydrogen-bond donors (Lipinski definition) is 1. The lowest BCUT2D eigenvalue weighted by atomic mass is 10.2. The zero-order valence-electron chi connectivity index (χ0n) is 11.5. The second-order valence-corrected chi connectivity index (χ2v) is 5.17. The van der Waals surface area contributed by atoms with E-state index in [0.717, 1.165) is 24.2 Å². The predicted octanol–water partition coefficient (Wildman–Crippen LogP) is 2.58. The maximum atomic E-state index is 12.9. The van der Waals surface area contributed by atoms with Crippen molar-refractivity contribution in [2.45, 2.75) is 32.7 Å². The standard InChI is InChI=1S/C15H16FN3O/c1-9(17-12-5-6-12)14-10(2)18-19(15(14)20)13-7-3-11(16)4-8-13/h3-4,7-8,12,18H,5-6H2,1-2H3. The van der Waals surface area contributed by atoms with E-state index in [2.05, 4.69) is 10.1 Å². The molecule has 1 heterocycles. The molecular weight excluding hydrogens is 257 g/mol. The van der Waals surface area contributed by atoms with Gasteiger partial charge >= 0.3 is 0 Å². The first kappa shape index (κ1) is 12.8. The number of aryl methyl sites for hydroxylation is 1. The van der Waals surface area contributed by atoms with E-state index in [9.17, 15) is 9.18 Å². The van der Waals surface area contributed by atoms with Gasteiger partial charge in [-0.2, -0.15) is 0 Å². The van der Waals surface area contributed by atoms with Crippen LogP contribution in [-0.4, -0.2) is 21.5 Å². The van der Waals surface area contributed by atoms with Gasteiger partial charge in [0.2, 0.25) is 0 Å². The molecule has 2 aromatic rings. The van der Waals surface area contributed by atoms with Crippen LogP contribution < -0.4 is 5.56 Å². The van der Waals surface area contributed by atoms with E-state index in [-0.39, 0.29) is 11.4 Å². The first-order valence-electron chi connectivity index (χ1n) is 6.68. The Morgan fingerprint density at radius 3 is 2.60 bits per heavy atom. The smallest absolute Gasteiger partial charge is 0.280 e. The molecule has 0 radical (unpaired) electrons. The van der Waals surface area contributed by atoms with Gasteiger partial charge in [-0.1, -0.05) is 0 Å². The summed E-state index contributed by atoms with van der Waals surface area (Å²) in [5.74, 6) is -0.322. The van der Waals surface area contributed by atoms with Crippen LogP contribution >= 0.6 is 0 Å². The van der Waals surface area contributed by atoms with E-state index in [0.29, 0.717) is 17.3 Å². The molecule has 1 aliphatic rings. The Morgan fingerprint density at radius 1 is 1.35 bits per heavy atom. The minimum atomic E-state index is -0.322. The lowest BCUT2D eigenvalue weighted by molar-refractivity contribution is 0.627. The molecule has 1 fully saturated rings. The minimum Gasteiger partial charge on any atom is -0.295 e. The number of aromatic amines is 1. The van der Waals surface area contributed by atoms with Gasteiger partial charge in [-0.15, -0.1) is 0 Å². The molecular formula is C15H16FN3O. The van der Waals surface area contributed by atoms with Gasteiger partial charge in [0.05, 0.1) is 17.3 Å². The molecule has 3 rings (SSSR count). The summed E-state index contributed by atoms with van der Waals surface area (Å²) in [5, 5.41) is 3.02. The number of nitrogens with one attached hydrogen (secondary N) is 1. The molecule has 1 saturated carbocycles. The molecule has 0 amide bonds. The van der Waals surface area contributed by atoms with E-state index < -0.39 is 0 Å². The van der Waals surface area contributed by atoms with Crippen molar-refractivity contribution in [2.75, 3.05) is 0 Å². The highest BCUT2D eigenvalue weighted by Crippen LogP contribution is 2.24. The molecule has 0 atom stereocenters. The Kier molecular flexibility index (Phi) is 3.04. The summed E-state index contributed by atoms with van der Waals surface area (Å²) < 4.78 is 14.4.